The first-order valence-corrected chi connectivity index (χ1v) is 8.36. The minimum absolute atomic E-state index is 0.0561. The molecule has 26 heavy (non-hydrogen) atoms. The Morgan fingerprint density at radius 1 is 1.19 bits per heavy atom. The van der Waals surface area contributed by atoms with Crippen molar-refractivity contribution in [3.63, 3.8) is 0 Å². The Morgan fingerprint density at radius 3 is 2.54 bits per heavy atom. The lowest BCUT2D eigenvalue weighted by molar-refractivity contribution is -0.142. The van der Waals surface area contributed by atoms with E-state index in [4.69, 9.17) is 21.1 Å². The van der Waals surface area contributed by atoms with Gasteiger partial charge < -0.3 is 19.9 Å². The molecular weight excluding hydrogens is 358 g/mol. The van der Waals surface area contributed by atoms with Crippen molar-refractivity contribution in [3.8, 4) is 5.75 Å². The normalized spacial score (nSPS) is 11.6. The fourth-order valence-electron chi connectivity index (χ4n) is 2.31. The maximum Gasteiger partial charge on any atom is 0.330 e. The monoisotopic (exact) mass is 377 g/mol. The molecule has 0 spiro atoms. The van der Waals surface area contributed by atoms with Crippen molar-refractivity contribution in [2.24, 2.45) is 0 Å². The molecule has 1 unspecified atom stereocenters. The number of ether oxygens (including phenoxy) is 2. The number of rotatable bonds is 9. The SMILES string of the molecule is COc1ccc(C(NC(=O)CCOCc2ccccc2)C(=O)O)cc1Cl. The smallest absolute Gasteiger partial charge is 0.330 e. The van der Waals surface area contributed by atoms with E-state index in [1.165, 1.54) is 13.2 Å². The molecule has 0 saturated heterocycles. The van der Waals surface area contributed by atoms with Gasteiger partial charge >= 0.3 is 5.97 Å². The molecule has 0 fully saturated rings. The van der Waals surface area contributed by atoms with E-state index < -0.39 is 17.9 Å². The molecule has 2 rings (SSSR count). The van der Waals surface area contributed by atoms with Crippen molar-refractivity contribution in [3.05, 3.63) is 64.7 Å². The molecule has 0 saturated carbocycles. The summed E-state index contributed by atoms with van der Waals surface area (Å²) in [5.41, 5.74) is 1.37. The minimum Gasteiger partial charge on any atom is -0.495 e. The molecule has 0 heterocycles. The predicted octanol–water partition coefficient (Wildman–Crippen LogP) is 3.20. The Hall–Kier alpha value is -2.57. The summed E-state index contributed by atoms with van der Waals surface area (Å²) in [6.45, 7) is 0.584. The van der Waals surface area contributed by atoms with Crippen molar-refractivity contribution in [2.75, 3.05) is 13.7 Å². The first kappa shape index (κ1) is 19.8. The van der Waals surface area contributed by atoms with Crippen molar-refractivity contribution >= 4 is 23.5 Å². The van der Waals surface area contributed by atoms with E-state index in [2.05, 4.69) is 5.32 Å². The molecule has 0 aromatic heterocycles. The molecule has 1 atom stereocenters. The molecular formula is C19H20ClNO5. The topological polar surface area (TPSA) is 84.9 Å². The number of carboxylic acids is 1. The summed E-state index contributed by atoms with van der Waals surface area (Å²) in [6, 6.07) is 13.0. The largest absolute Gasteiger partial charge is 0.495 e. The Labute approximate surface area is 156 Å². The Balaban J connectivity index is 1.87. The maximum atomic E-state index is 12.0. The van der Waals surface area contributed by atoms with Crippen LogP contribution in [-0.4, -0.2) is 30.7 Å². The van der Waals surface area contributed by atoms with E-state index in [1.807, 2.05) is 30.3 Å². The van der Waals surface area contributed by atoms with E-state index in [1.54, 1.807) is 12.1 Å². The number of carbonyl (C=O) groups excluding carboxylic acids is 1. The van der Waals surface area contributed by atoms with Gasteiger partial charge in [-0.25, -0.2) is 4.79 Å². The van der Waals surface area contributed by atoms with Crippen molar-refractivity contribution in [1.82, 2.24) is 5.32 Å². The van der Waals surface area contributed by atoms with Gasteiger partial charge in [-0.05, 0) is 23.3 Å². The molecule has 0 aliphatic rings. The van der Waals surface area contributed by atoms with Gasteiger partial charge in [-0.15, -0.1) is 0 Å². The van der Waals surface area contributed by atoms with Gasteiger partial charge in [0.25, 0.3) is 0 Å². The number of hydrogen-bond acceptors (Lipinski definition) is 4. The summed E-state index contributed by atoms with van der Waals surface area (Å²) >= 11 is 6.02. The number of carbonyl (C=O) groups is 2. The van der Waals surface area contributed by atoms with Gasteiger partial charge in [-0.3, -0.25) is 4.79 Å². The van der Waals surface area contributed by atoms with Crippen LogP contribution in [0.1, 0.15) is 23.6 Å². The highest BCUT2D eigenvalue weighted by atomic mass is 35.5. The Morgan fingerprint density at radius 2 is 1.92 bits per heavy atom. The number of aliphatic carboxylic acids is 1. The number of amides is 1. The zero-order valence-electron chi connectivity index (χ0n) is 14.3. The van der Waals surface area contributed by atoms with Crippen molar-refractivity contribution in [1.29, 1.82) is 0 Å². The average molecular weight is 378 g/mol. The van der Waals surface area contributed by atoms with Gasteiger partial charge in [-0.2, -0.15) is 0 Å². The van der Waals surface area contributed by atoms with E-state index in [-0.39, 0.29) is 18.1 Å². The van der Waals surface area contributed by atoms with Gasteiger partial charge in [0, 0.05) is 0 Å². The van der Waals surface area contributed by atoms with Crippen LogP contribution in [0.15, 0.2) is 48.5 Å². The molecule has 2 aromatic carbocycles. The van der Waals surface area contributed by atoms with Crippen LogP contribution in [0.4, 0.5) is 0 Å². The summed E-state index contributed by atoms with van der Waals surface area (Å²) in [7, 11) is 1.47. The van der Waals surface area contributed by atoms with E-state index in [9.17, 15) is 14.7 Å². The lowest BCUT2D eigenvalue weighted by Gasteiger charge is -2.16. The van der Waals surface area contributed by atoms with E-state index in [0.717, 1.165) is 5.56 Å². The number of nitrogens with one attached hydrogen (secondary N) is 1. The standard InChI is InChI=1S/C19H20ClNO5/c1-25-16-8-7-14(11-15(16)20)18(19(23)24)21-17(22)9-10-26-12-13-5-3-2-4-6-13/h2-8,11,18H,9-10,12H2,1H3,(H,21,22)(H,23,24). The number of halogens is 1. The quantitative estimate of drug-likeness (QED) is 0.655. The molecule has 0 radical (unpaired) electrons. The second-order valence-electron chi connectivity index (χ2n) is 5.52. The summed E-state index contributed by atoms with van der Waals surface area (Å²) in [4.78, 5) is 23.5. The van der Waals surface area contributed by atoms with Gasteiger partial charge in [0.2, 0.25) is 5.91 Å². The van der Waals surface area contributed by atoms with Crippen molar-refractivity contribution in [2.45, 2.75) is 19.1 Å². The zero-order valence-corrected chi connectivity index (χ0v) is 15.0. The summed E-state index contributed by atoms with van der Waals surface area (Å²) in [5.74, 6) is -1.16. The third-order valence-electron chi connectivity index (χ3n) is 3.65. The molecule has 7 heteroatoms. The lowest BCUT2D eigenvalue weighted by atomic mass is 10.1. The van der Waals surface area contributed by atoms with E-state index in [0.29, 0.717) is 17.9 Å². The average Bonchev–Trinajstić information content (AvgIpc) is 2.64. The van der Waals surface area contributed by atoms with Crippen LogP contribution < -0.4 is 10.1 Å². The summed E-state index contributed by atoms with van der Waals surface area (Å²) < 4.78 is 10.5. The Kier molecular flexibility index (Phi) is 7.44. The van der Waals surface area contributed by atoms with Crippen LogP contribution in [0.3, 0.4) is 0 Å². The summed E-state index contributed by atoms with van der Waals surface area (Å²) in [6.07, 6.45) is 0.0561. The lowest BCUT2D eigenvalue weighted by Crippen LogP contribution is -2.34. The second-order valence-corrected chi connectivity index (χ2v) is 5.93. The van der Waals surface area contributed by atoms with Gasteiger partial charge in [-0.1, -0.05) is 48.0 Å². The van der Waals surface area contributed by atoms with Crippen LogP contribution in [0.25, 0.3) is 0 Å². The minimum atomic E-state index is -1.19. The molecule has 2 N–H and O–H groups in total. The Bertz CT molecular complexity index is 751. The number of benzene rings is 2. The number of hydrogen-bond donors (Lipinski definition) is 2. The van der Waals surface area contributed by atoms with Crippen LogP contribution in [0.2, 0.25) is 5.02 Å². The fourth-order valence-corrected chi connectivity index (χ4v) is 2.58. The molecule has 2 aromatic rings. The molecule has 0 aliphatic carbocycles. The van der Waals surface area contributed by atoms with Crippen molar-refractivity contribution < 1.29 is 24.2 Å². The third-order valence-corrected chi connectivity index (χ3v) is 3.94. The maximum absolute atomic E-state index is 12.0. The van der Waals surface area contributed by atoms with Crippen LogP contribution in [0, 0.1) is 0 Å². The van der Waals surface area contributed by atoms with Gasteiger partial charge in [0.15, 0.2) is 6.04 Å². The second kappa shape index (κ2) is 9.79. The molecule has 0 aliphatic heterocycles. The third kappa shape index (κ3) is 5.75. The molecule has 1 amide bonds. The highest BCUT2D eigenvalue weighted by Crippen LogP contribution is 2.27. The highest BCUT2D eigenvalue weighted by Gasteiger charge is 2.22. The molecule has 138 valence electrons. The predicted molar refractivity (Wildman–Crippen MR) is 97.2 cm³/mol. The first-order chi connectivity index (χ1) is 12.5. The van der Waals surface area contributed by atoms with Crippen LogP contribution in [0.5, 0.6) is 5.75 Å². The fraction of sp³-hybridized carbons (Fsp3) is 0.263. The number of carboxylic acid groups (broad SMARTS) is 1. The van der Waals surface area contributed by atoms with Crippen LogP contribution >= 0.6 is 11.6 Å². The summed E-state index contributed by atoms with van der Waals surface area (Å²) in [5, 5.41) is 12.1. The number of methoxy groups -OCH3 is 1. The molecule has 6 nitrogen and oxygen atoms in total. The van der Waals surface area contributed by atoms with Crippen LogP contribution in [-0.2, 0) is 20.9 Å². The first-order valence-electron chi connectivity index (χ1n) is 7.98. The highest BCUT2D eigenvalue weighted by molar-refractivity contribution is 6.32. The van der Waals surface area contributed by atoms with Gasteiger partial charge in [0.1, 0.15) is 5.75 Å². The van der Waals surface area contributed by atoms with E-state index >= 15 is 0 Å². The van der Waals surface area contributed by atoms with Gasteiger partial charge in [0.05, 0.1) is 31.8 Å². The molecule has 0 bridgehead atoms. The zero-order chi connectivity index (χ0) is 18.9.